The topological polar surface area (TPSA) is 118 Å². The Balaban J connectivity index is 2.35. The van der Waals surface area contributed by atoms with Crippen molar-refractivity contribution in [1.82, 2.24) is 15.1 Å². The average Bonchev–Trinajstić information content (AvgIpc) is 2.77. The van der Waals surface area contributed by atoms with E-state index >= 15 is 0 Å². The van der Waals surface area contributed by atoms with E-state index in [-0.39, 0.29) is 23.9 Å². The first-order valence-electron chi connectivity index (χ1n) is 4.60. The molecule has 0 spiro atoms. The Labute approximate surface area is 89.9 Å². The molecule has 2 aromatic heterocycles. The van der Waals surface area contributed by atoms with E-state index in [0.717, 1.165) is 0 Å². The molecule has 2 aromatic rings. The minimum atomic E-state index is -0.687. The molecule has 7 heteroatoms. The molecule has 0 bridgehead atoms. The van der Waals surface area contributed by atoms with E-state index in [4.69, 9.17) is 15.4 Å². The summed E-state index contributed by atoms with van der Waals surface area (Å²) in [6.07, 6.45) is 0. The highest BCUT2D eigenvalue weighted by atomic mass is 16.5. The van der Waals surface area contributed by atoms with Crippen LogP contribution in [0.1, 0.15) is 11.9 Å². The van der Waals surface area contributed by atoms with Crippen molar-refractivity contribution in [2.45, 2.75) is 6.04 Å². The minimum absolute atomic E-state index is 0.164. The third kappa shape index (κ3) is 2.00. The Morgan fingerprint density at radius 2 is 2.38 bits per heavy atom. The predicted octanol–water partition coefficient (Wildman–Crippen LogP) is -0.583. The molecular weight excluding hydrogens is 212 g/mol. The molecule has 2 rings (SSSR count). The van der Waals surface area contributed by atoms with Crippen molar-refractivity contribution < 1.29 is 9.63 Å². The number of nitrogens with one attached hydrogen (secondary N) is 1. The molecule has 0 saturated heterocycles. The van der Waals surface area contributed by atoms with Crippen LogP contribution in [0.5, 0.6) is 0 Å². The fraction of sp³-hybridized carbons (Fsp3) is 0.222. The molecule has 0 aliphatic heterocycles. The quantitative estimate of drug-likeness (QED) is 0.639. The van der Waals surface area contributed by atoms with Crippen LogP contribution in [0.4, 0.5) is 0 Å². The van der Waals surface area contributed by atoms with Gasteiger partial charge in [-0.05, 0) is 6.07 Å². The number of pyridine rings is 1. The van der Waals surface area contributed by atoms with E-state index < -0.39 is 6.04 Å². The zero-order valence-electron chi connectivity index (χ0n) is 8.25. The lowest BCUT2D eigenvalue weighted by molar-refractivity contribution is 0.260. The number of nitrogens with zero attached hydrogens (tertiary/aromatic N) is 2. The van der Waals surface area contributed by atoms with Crippen LogP contribution in [0, 0.1) is 0 Å². The summed E-state index contributed by atoms with van der Waals surface area (Å²) in [5.41, 5.74) is 5.66. The summed E-state index contributed by atoms with van der Waals surface area (Å²) in [4.78, 5) is 17.5. The molecule has 7 nitrogen and oxygen atoms in total. The summed E-state index contributed by atoms with van der Waals surface area (Å²) in [6, 6.07) is 3.89. The van der Waals surface area contributed by atoms with E-state index in [9.17, 15) is 4.79 Å². The molecule has 0 amide bonds. The van der Waals surface area contributed by atoms with Gasteiger partial charge in [-0.1, -0.05) is 11.2 Å². The molecule has 1 unspecified atom stereocenters. The van der Waals surface area contributed by atoms with Crippen molar-refractivity contribution in [2.24, 2.45) is 5.73 Å². The smallest absolute Gasteiger partial charge is 0.274 e. The van der Waals surface area contributed by atoms with Gasteiger partial charge in [0.2, 0.25) is 5.56 Å². The number of rotatable bonds is 3. The second kappa shape index (κ2) is 4.25. The highest BCUT2D eigenvalue weighted by Gasteiger charge is 2.14. The maximum absolute atomic E-state index is 11.1. The monoisotopic (exact) mass is 222 g/mol. The Bertz CT molecular complexity index is 533. The number of aromatic amines is 1. The standard InChI is InChI=1S/C9H10N4O3/c10-5(4-14)8-12-9(16-13-8)6-2-1-3-7(15)11-6/h1-3,5,14H,4,10H2,(H,11,15). The number of nitrogens with two attached hydrogens (primary N) is 1. The van der Waals surface area contributed by atoms with Gasteiger partial charge < -0.3 is 20.3 Å². The molecule has 84 valence electrons. The third-order valence-electron chi connectivity index (χ3n) is 1.97. The van der Waals surface area contributed by atoms with E-state index in [1.165, 1.54) is 6.07 Å². The zero-order chi connectivity index (χ0) is 11.5. The Kier molecular flexibility index (Phi) is 2.80. The molecule has 16 heavy (non-hydrogen) atoms. The molecule has 0 fully saturated rings. The predicted molar refractivity (Wildman–Crippen MR) is 54.4 cm³/mol. The van der Waals surface area contributed by atoms with Crippen LogP contribution in [0.3, 0.4) is 0 Å². The van der Waals surface area contributed by atoms with E-state index in [2.05, 4.69) is 15.1 Å². The minimum Gasteiger partial charge on any atom is -0.394 e. The van der Waals surface area contributed by atoms with Gasteiger partial charge in [0.1, 0.15) is 5.69 Å². The normalized spacial score (nSPS) is 12.6. The highest BCUT2D eigenvalue weighted by molar-refractivity contribution is 5.45. The largest absolute Gasteiger partial charge is 0.394 e. The molecule has 0 saturated carbocycles. The summed E-state index contributed by atoms with van der Waals surface area (Å²) in [6.45, 7) is -0.274. The first-order chi connectivity index (χ1) is 7.70. The third-order valence-corrected chi connectivity index (χ3v) is 1.97. The average molecular weight is 222 g/mol. The lowest BCUT2D eigenvalue weighted by Gasteiger charge is -1.98. The van der Waals surface area contributed by atoms with Crippen molar-refractivity contribution in [3.05, 3.63) is 34.4 Å². The van der Waals surface area contributed by atoms with Gasteiger partial charge in [0, 0.05) is 6.07 Å². The van der Waals surface area contributed by atoms with Crippen LogP contribution in [0.2, 0.25) is 0 Å². The number of aliphatic hydroxyl groups excluding tert-OH is 1. The zero-order valence-corrected chi connectivity index (χ0v) is 8.25. The van der Waals surface area contributed by atoms with E-state index in [1.54, 1.807) is 12.1 Å². The lowest BCUT2D eigenvalue weighted by Crippen LogP contribution is -2.15. The first-order valence-corrected chi connectivity index (χ1v) is 4.60. The van der Waals surface area contributed by atoms with Gasteiger partial charge in [0.15, 0.2) is 5.82 Å². The first kappa shape index (κ1) is 10.5. The summed E-state index contributed by atoms with van der Waals surface area (Å²) in [5.74, 6) is 0.360. The molecule has 0 radical (unpaired) electrons. The van der Waals surface area contributed by atoms with Crippen molar-refractivity contribution >= 4 is 0 Å². The number of aromatic nitrogens is 3. The lowest BCUT2D eigenvalue weighted by atomic mass is 10.3. The second-order valence-corrected chi connectivity index (χ2v) is 3.18. The van der Waals surface area contributed by atoms with Gasteiger partial charge in [-0.3, -0.25) is 4.79 Å². The maximum Gasteiger partial charge on any atom is 0.274 e. The SMILES string of the molecule is NC(CO)c1noc(-c2cccc(=O)[nH]2)n1. The van der Waals surface area contributed by atoms with Crippen molar-refractivity contribution in [3.8, 4) is 11.6 Å². The van der Waals surface area contributed by atoms with Crippen LogP contribution >= 0.6 is 0 Å². The fourth-order valence-electron chi connectivity index (χ4n) is 1.15. The van der Waals surface area contributed by atoms with Crippen LogP contribution in [-0.4, -0.2) is 26.8 Å². The fourth-order valence-corrected chi connectivity index (χ4v) is 1.15. The Hall–Kier alpha value is -1.99. The van der Waals surface area contributed by atoms with Gasteiger partial charge in [-0.25, -0.2) is 0 Å². The molecule has 1 atom stereocenters. The highest BCUT2D eigenvalue weighted by Crippen LogP contribution is 2.14. The number of aliphatic hydroxyl groups is 1. The maximum atomic E-state index is 11.1. The summed E-state index contributed by atoms with van der Waals surface area (Å²) in [5, 5.41) is 12.4. The Morgan fingerprint density at radius 3 is 3.06 bits per heavy atom. The molecule has 0 aromatic carbocycles. The van der Waals surface area contributed by atoms with Crippen LogP contribution < -0.4 is 11.3 Å². The molecule has 4 N–H and O–H groups in total. The molecule has 0 aliphatic rings. The molecule has 0 aliphatic carbocycles. The van der Waals surface area contributed by atoms with Gasteiger partial charge in [0.05, 0.1) is 12.6 Å². The van der Waals surface area contributed by atoms with E-state index in [1.807, 2.05) is 0 Å². The van der Waals surface area contributed by atoms with Crippen LogP contribution in [0.15, 0.2) is 27.5 Å². The number of hydrogen-bond donors (Lipinski definition) is 3. The van der Waals surface area contributed by atoms with Crippen molar-refractivity contribution in [1.29, 1.82) is 0 Å². The summed E-state index contributed by atoms with van der Waals surface area (Å²) < 4.78 is 4.91. The summed E-state index contributed by atoms with van der Waals surface area (Å²) >= 11 is 0. The molecule has 2 heterocycles. The van der Waals surface area contributed by atoms with Gasteiger partial charge in [-0.2, -0.15) is 4.98 Å². The van der Waals surface area contributed by atoms with Gasteiger partial charge in [0.25, 0.3) is 5.89 Å². The Morgan fingerprint density at radius 1 is 1.56 bits per heavy atom. The second-order valence-electron chi connectivity index (χ2n) is 3.18. The van der Waals surface area contributed by atoms with Gasteiger partial charge >= 0.3 is 0 Å². The van der Waals surface area contributed by atoms with Crippen LogP contribution in [-0.2, 0) is 0 Å². The van der Waals surface area contributed by atoms with Gasteiger partial charge in [-0.15, -0.1) is 0 Å². The van der Waals surface area contributed by atoms with Crippen LogP contribution in [0.25, 0.3) is 11.6 Å². The van der Waals surface area contributed by atoms with E-state index in [0.29, 0.717) is 5.69 Å². The summed E-state index contributed by atoms with van der Waals surface area (Å²) in [7, 11) is 0. The number of H-pyrrole nitrogens is 1. The molecular formula is C9H10N4O3. The van der Waals surface area contributed by atoms with Crippen molar-refractivity contribution in [3.63, 3.8) is 0 Å². The number of hydrogen-bond acceptors (Lipinski definition) is 6. The van der Waals surface area contributed by atoms with Crippen molar-refractivity contribution in [2.75, 3.05) is 6.61 Å².